The summed E-state index contributed by atoms with van der Waals surface area (Å²) in [6.45, 7) is 2.74. The number of carbonyl (C=O) groups excluding carboxylic acids is 1. The highest BCUT2D eigenvalue weighted by Gasteiger charge is 2.18. The number of nitrogens with two attached hydrogens (primary N) is 1. The molecule has 24 heavy (non-hydrogen) atoms. The molecule has 1 saturated carbocycles. The second-order valence-electron chi connectivity index (χ2n) is 7.30. The van der Waals surface area contributed by atoms with Gasteiger partial charge in [-0.05, 0) is 57.1 Å². The number of amides is 1. The van der Waals surface area contributed by atoms with Crippen molar-refractivity contribution in [1.29, 1.82) is 0 Å². The SMILES string of the molecule is O=C(C[NH2+]C1CCCCCC1)Nc1ccccc1N1CCCCC1. The molecule has 1 saturated heterocycles. The van der Waals surface area contributed by atoms with E-state index in [0.29, 0.717) is 12.6 Å². The van der Waals surface area contributed by atoms with Gasteiger partial charge in [0.1, 0.15) is 0 Å². The lowest BCUT2D eigenvalue weighted by atomic mass is 10.1. The first-order valence-electron chi connectivity index (χ1n) is 9.80. The number of rotatable bonds is 5. The molecular formula is C20H32N3O+. The molecule has 0 bridgehead atoms. The van der Waals surface area contributed by atoms with Crippen LogP contribution in [0.5, 0.6) is 0 Å². The number of para-hydroxylation sites is 2. The molecule has 132 valence electrons. The second kappa shape index (κ2) is 9.07. The first-order chi connectivity index (χ1) is 11.8. The lowest BCUT2D eigenvalue weighted by molar-refractivity contribution is -0.680. The fourth-order valence-electron chi connectivity index (χ4n) is 4.01. The van der Waals surface area contributed by atoms with Crippen molar-refractivity contribution in [3.05, 3.63) is 24.3 Å². The van der Waals surface area contributed by atoms with E-state index in [2.05, 4.69) is 27.7 Å². The summed E-state index contributed by atoms with van der Waals surface area (Å²) < 4.78 is 0. The molecule has 0 atom stereocenters. The van der Waals surface area contributed by atoms with E-state index in [-0.39, 0.29) is 5.91 Å². The molecule has 0 radical (unpaired) electrons. The zero-order valence-corrected chi connectivity index (χ0v) is 14.8. The van der Waals surface area contributed by atoms with E-state index in [9.17, 15) is 4.79 Å². The highest BCUT2D eigenvalue weighted by Crippen LogP contribution is 2.28. The molecule has 3 N–H and O–H groups in total. The largest absolute Gasteiger partial charge is 0.370 e. The van der Waals surface area contributed by atoms with E-state index in [1.165, 1.54) is 63.5 Å². The van der Waals surface area contributed by atoms with Crippen LogP contribution in [0.25, 0.3) is 0 Å². The molecule has 1 aromatic rings. The maximum atomic E-state index is 12.4. The van der Waals surface area contributed by atoms with E-state index in [0.717, 1.165) is 18.8 Å². The molecule has 2 fully saturated rings. The number of hydrogen-bond donors (Lipinski definition) is 2. The maximum Gasteiger partial charge on any atom is 0.279 e. The van der Waals surface area contributed by atoms with Crippen LogP contribution in [0.15, 0.2) is 24.3 Å². The summed E-state index contributed by atoms with van der Waals surface area (Å²) in [6, 6.07) is 8.88. The Hall–Kier alpha value is -1.55. The van der Waals surface area contributed by atoms with Crippen LogP contribution in [-0.2, 0) is 4.79 Å². The summed E-state index contributed by atoms with van der Waals surface area (Å²) in [5, 5.41) is 5.41. The summed E-state index contributed by atoms with van der Waals surface area (Å²) in [7, 11) is 0. The van der Waals surface area contributed by atoms with Crippen molar-refractivity contribution < 1.29 is 10.1 Å². The monoisotopic (exact) mass is 330 g/mol. The highest BCUT2D eigenvalue weighted by atomic mass is 16.1. The number of hydrogen-bond acceptors (Lipinski definition) is 2. The topological polar surface area (TPSA) is 49.0 Å². The molecule has 4 heteroatoms. The molecule has 0 unspecified atom stereocenters. The van der Waals surface area contributed by atoms with Gasteiger partial charge >= 0.3 is 0 Å². The summed E-state index contributed by atoms with van der Waals surface area (Å²) in [4.78, 5) is 14.8. The maximum absolute atomic E-state index is 12.4. The molecule has 1 aromatic carbocycles. The van der Waals surface area contributed by atoms with Gasteiger partial charge in [-0.3, -0.25) is 4.79 Å². The summed E-state index contributed by atoms with van der Waals surface area (Å²) >= 11 is 0. The average Bonchev–Trinajstić information content (AvgIpc) is 2.90. The van der Waals surface area contributed by atoms with E-state index >= 15 is 0 Å². The zero-order valence-electron chi connectivity index (χ0n) is 14.8. The first-order valence-corrected chi connectivity index (χ1v) is 9.80. The van der Waals surface area contributed by atoms with Crippen LogP contribution in [0.1, 0.15) is 57.8 Å². The van der Waals surface area contributed by atoms with Crippen LogP contribution >= 0.6 is 0 Å². The Labute approximate surface area is 146 Å². The van der Waals surface area contributed by atoms with Crippen LogP contribution in [0, 0.1) is 0 Å². The van der Waals surface area contributed by atoms with Crippen molar-refractivity contribution in [3.63, 3.8) is 0 Å². The summed E-state index contributed by atoms with van der Waals surface area (Å²) in [6.07, 6.45) is 11.7. The van der Waals surface area contributed by atoms with Crippen LogP contribution in [0.4, 0.5) is 11.4 Å². The number of piperidine rings is 1. The van der Waals surface area contributed by atoms with Crippen molar-refractivity contribution in [2.75, 3.05) is 29.9 Å². The van der Waals surface area contributed by atoms with Crippen LogP contribution in [-0.4, -0.2) is 31.6 Å². The predicted molar refractivity (Wildman–Crippen MR) is 99.4 cm³/mol. The molecule has 0 spiro atoms. The van der Waals surface area contributed by atoms with Gasteiger partial charge in [0.25, 0.3) is 5.91 Å². The Kier molecular flexibility index (Phi) is 6.53. The highest BCUT2D eigenvalue weighted by molar-refractivity contribution is 5.94. The van der Waals surface area contributed by atoms with Gasteiger partial charge < -0.3 is 15.5 Å². The van der Waals surface area contributed by atoms with E-state index in [4.69, 9.17) is 0 Å². The molecule has 0 aromatic heterocycles. The normalized spacial score (nSPS) is 19.8. The van der Waals surface area contributed by atoms with Gasteiger partial charge in [-0.15, -0.1) is 0 Å². The smallest absolute Gasteiger partial charge is 0.279 e. The number of anilines is 2. The van der Waals surface area contributed by atoms with Gasteiger partial charge in [0.15, 0.2) is 6.54 Å². The lowest BCUT2D eigenvalue weighted by Gasteiger charge is -2.30. The Bertz CT molecular complexity index is 517. The number of nitrogens with zero attached hydrogens (tertiary/aromatic N) is 1. The molecule has 1 aliphatic carbocycles. The summed E-state index contributed by atoms with van der Waals surface area (Å²) in [5.74, 6) is 0.128. The third-order valence-corrected chi connectivity index (χ3v) is 5.41. The third kappa shape index (κ3) is 4.97. The van der Waals surface area contributed by atoms with Crippen molar-refractivity contribution in [2.24, 2.45) is 0 Å². The number of nitrogens with one attached hydrogen (secondary N) is 1. The number of quaternary nitrogens is 1. The minimum Gasteiger partial charge on any atom is -0.370 e. The Morgan fingerprint density at radius 1 is 1.00 bits per heavy atom. The van der Waals surface area contributed by atoms with Crippen LogP contribution in [0.2, 0.25) is 0 Å². The minimum absolute atomic E-state index is 0.128. The number of carbonyl (C=O) groups is 1. The lowest BCUT2D eigenvalue weighted by Crippen LogP contribution is -2.91. The Morgan fingerprint density at radius 3 is 2.42 bits per heavy atom. The molecule has 4 nitrogen and oxygen atoms in total. The molecular weight excluding hydrogens is 298 g/mol. The van der Waals surface area contributed by atoms with Gasteiger partial charge in [-0.1, -0.05) is 25.0 Å². The Balaban J connectivity index is 1.54. The van der Waals surface area contributed by atoms with Crippen molar-refractivity contribution in [1.82, 2.24) is 0 Å². The first kappa shape index (κ1) is 17.3. The average molecular weight is 330 g/mol. The predicted octanol–water partition coefficient (Wildman–Crippen LogP) is 2.90. The van der Waals surface area contributed by atoms with Crippen LogP contribution in [0.3, 0.4) is 0 Å². The van der Waals surface area contributed by atoms with Gasteiger partial charge in [0.05, 0.1) is 17.4 Å². The second-order valence-corrected chi connectivity index (χ2v) is 7.30. The van der Waals surface area contributed by atoms with Gasteiger partial charge in [-0.25, -0.2) is 0 Å². The summed E-state index contributed by atoms with van der Waals surface area (Å²) in [5.41, 5.74) is 2.15. The minimum atomic E-state index is 0.128. The third-order valence-electron chi connectivity index (χ3n) is 5.41. The molecule has 3 rings (SSSR count). The molecule has 2 aliphatic rings. The van der Waals surface area contributed by atoms with Gasteiger partial charge in [0, 0.05) is 13.1 Å². The van der Waals surface area contributed by atoms with E-state index in [1.807, 2.05) is 12.1 Å². The van der Waals surface area contributed by atoms with E-state index < -0.39 is 0 Å². The fraction of sp³-hybridized carbons (Fsp3) is 0.650. The van der Waals surface area contributed by atoms with Crippen molar-refractivity contribution >= 4 is 17.3 Å². The number of benzene rings is 1. The Morgan fingerprint density at radius 2 is 1.67 bits per heavy atom. The quantitative estimate of drug-likeness (QED) is 0.816. The standard InChI is InChI=1S/C20H31N3O/c24-20(16-21-17-10-4-1-2-5-11-17)22-18-12-6-7-13-19(18)23-14-8-3-9-15-23/h6-7,12-13,17,21H,1-5,8-11,14-16H2,(H,22,24)/p+1. The van der Waals surface area contributed by atoms with Crippen molar-refractivity contribution in [2.45, 2.75) is 63.8 Å². The van der Waals surface area contributed by atoms with Crippen LogP contribution < -0.4 is 15.5 Å². The zero-order chi connectivity index (χ0) is 16.6. The van der Waals surface area contributed by atoms with Gasteiger partial charge in [0.2, 0.25) is 0 Å². The van der Waals surface area contributed by atoms with E-state index in [1.54, 1.807) is 0 Å². The fourth-order valence-corrected chi connectivity index (χ4v) is 4.01. The van der Waals surface area contributed by atoms with Crippen molar-refractivity contribution in [3.8, 4) is 0 Å². The molecule has 1 aliphatic heterocycles. The molecule has 1 amide bonds. The van der Waals surface area contributed by atoms with Gasteiger partial charge in [-0.2, -0.15) is 0 Å². The molecule has 1 heterocycles.